The average molecular weight is 231 g/mol. The summed E-state index contributed by atoms with van der Waals surface area (Å²) < 4.78 is 1.60. The second-order valence-corrected chi connectivity index (χ2v) is 3.72. The van der Waals surface area contributed by atoms with Gasteiger partial charge in [0.25, 0.3) is 5.91 Å². The molecule has 0 bridgehead atoms. The summed E-state index contributed by atoms with van der Waals surface area (Å²) in [4.78, 5) is 11.9. The quantitative estimate of drug-likeness (QED) is 0.667. The van der Waals surface area contributed by atoms with Crippen LogP contribution in [0.3, 0.4) is 0 Å². The van der Waals surface area contributed by atoms with Crippen LogP contribution in [0.2, 0.25) is 0 Å². The molecule has 6 nitrogen and oxygen atoms in total. The van der Waals surface area contributed by atoms with E-state index in [0.29, 0.717) is 22.8 Å². The first-order valence-electron chi connectivity index (χ1n) is 5.01. The van der Waals surface area contributed by atoms with E-state index in [1.807, 2.05) is 0 Å². The molecular formula is C11H13N5O. The molecule has 2 aromatic rings. The molecule has 0 radical (unpaired) electrons. The predicted molar refractivity (Wildman–Crippen MR) is 66.4 cm³/mol. The number of rotatable bonds is 2. The molecule has 0 atom stereocenters. The maximum atomic E-state index is 11.9. The normalized spacial score (nSPS) is 10.2. The number of amides is 1. The van der Waals surface area contributed by atoms with E-state index in [1.165, 1.54) is 0 Å². The average Bonchev–Trinajstić information content (AvgIpc) is 2.62. The lowest BCUT2D eigenvalue weighted by molar-refractivity contribution is 0.102. The van der Waals surface area contributed by atoms with Crippen LogP contribution in [-0.2, 0) is 7.05 Å². The maximum Gasteiger partial charge on any atom is 0.257 e. The van der Waals surface area contributed by atoms with E-state index in [-0.39, 0.29) is 5.91 Å². The molecule has 1 aromatic carbocycles. The molecule has 17 heavy (non-hydrogen) atoms. The molecule has 0 aliphatic carbocycles. The van der Waals surface area contributed by atoms with Crippen LogP contribution in [0.25, 0.3) is 0 Å². The maximum absolute atomic E-state index is 11.9. The Labute approximate surface area is 98.2 Å². The van der Waals surface area contributed by atoms with E-state index in [4.69, 9.17) is 11.5 Å². The van der Waals surface area contributed by atoms with Gasteiger partial charge >= 0.3 is 0 Å². The van der Waals surface area contributed by atoms with Gasteiger partial charge in [-0.2, -0.15) is 5.10 Å². The number of anilines is 3. The Morgan fingerprint density at radius 2 is 1.94 bits per heavy atom. The fourth-order valence-corrected chi connectivity index (χ4v) is 1.48. The number of nitrogen functional groups attached to an aromatic ring is 2. The number of hydrogen-bond donors (Lipinski definition) is 3. The second-order valence-electron chi connectivity index (χ2n) is 3.72. The standard InChI is InChI=1S/C11H13N5O/c1-16-3-2-10(15-16)14-11(17)7-4-8(12)6-9(13)5-7/h2-6H,12-13H2,1H3,(H,14,15,17). The first kappa shape index (κ1) is 11.0. The Balaban J connectivity index is 2.19. The zero-order chi connectivity index (χ0) is 12.4. The highest BCUT2D eigenvalue weighted by Gasteiger charge is 2.08. The highest BCUT2D eigenvalue weighted by molar-refractivity contribution is 6.04. The lowest BCUT2D eigenvalue weighted by atomic mass is 10.1. The molecule has 6 heteroatoms. The molecule has 0 fully saturated rings. The monoisotopic (exact) mass is 231 g/mol. The van der Waals surface area contributed by atoms with Crippen molar-refractivity contribution in [3.05, 3.63) is 36.0 Å². The molecular weight excluding hydrogens is 218 g/mol. The second kappa shape index (κ2) is 4.17. The van der Waals surface area contributed by atoms with Crippen LogP contribution in [0.15, 0.2) is 30.5 Å². The minimum Gasteiger partial charge on any atom is -0.399 e. The van der Waals surface area contributed by atoms with Gasteiger partial charge in [0.2, 0.25) is 0 Å². The van der Waals surface area contributed by atoms with E-state index in [0.717, 1.165) is 0 Å². The van der Waals surface area contributed by atoms with E-state index in [9.17, 15) is 4.79 Å². The summed E-state index contributed by atoms with van der Waals surface area (Å²) in [5, 5.41) is 6.69. The third-order valence-corrected chi connectivity index (χ3v) is 2.20. The van der Waals surface area contributed by atoms with Crippen molar-refractivity contribution in [3.63, 3.8) is 0 Å². The fourth-order valence-electron chi connectivity index (χ4n) is 1.48. The van der Waals surface area contributed by atoms with Crippen molar-refractivity contribution >= 4 is 23.1 Å². The molecule has 0 saturated heterocycles. The van der Waals surface area contributed by atoms with Gasteiger partial charge < -0.3 is 16.8 Å². The highest BCUT2D eigenvalue weighted by Crippen LogP contribution is 2.15. The summed E-state index contributed by atoms with van der Waals surface area (Å²) >= 11 is 0. The molecule has 1 heterocycles. The Morgan fingerprint density at radius 1 is 1.29 bits per heavy atom. The van der Waals surface area contributed by atoms with Crippen molar-refractivity contribution in [3.8, 4) is 0 Å². The van der Waals surface area contributed by atoms with Gasteiger partial charge in [-0.3, -0.25) is 9.48 Å². The fraction of sp³-hybridized carbons (Fsp3) is 0.0909. The van der Waals surface area contributed by atoms with Gasteiger partial charge in [-0.25, -0.2) is 0 Å². The van der Waals surface area contributed by atoms with Crippen molar-refractivity contribution in [1.29, 1.82) is 0 Å². The van der Waals surface area contributed by atoms with Gasteiger partial charge in [-0.15, -0.1) is 0 Å². The van der Waals surface area contributed by atoms with Gasteiger partial charge in [0.15, 0.2) is 5.82 Å². The van der Waals surface area contributed by atoms with Gasteiger partial charge in [-0.1, -0.05) is 0 Å². The molecule has 0 spiro atoms. The number of nitrogens with one attached hydrogen (secondary N) is 1. The van der Waals surface area contributed by atoms with Gasteiger partial charge in [0, 0.05) is 36.2 Å². The van der Waals surface area contributed by atoms with Crippen LogP contribution >= 0.6 is 0 Å². The van der Waals surface area contributed by atoms with Gasteiger partial charge in [0.05, 0.1) is 0 Å². The Morgan fingerprint density at radius 3 is 2.47 bits per heavy atom. The first-order chi connectivity index (χ1) is 8.04. The number of nitrogens with zero attached hydrogens (tertiary/aromatic N) is 2. The number of carbonyl (C=O) groups is 1. The first-order valence-corrected chi connectivity index (χ1v) is 5.01. The van der Waals surface area contributed by atoms with Crippen LogP contribution in [-0.4, -0.2) is 15.7 Å². The molecule has 5 N–H and O–H groups in total. The van der Waals surface area contributed by atoms with Crippen molar-refractivity contribution in [1.82, 2.24) is 9.78 Å². The number of aromatic nitrogens is 2. The van der Waals surface area contributed by atoms with Crippen molar-refractivity contribution < 1.29 is 4.79 Å². The zero-order valence-electron chi connectivity index (χ0n) is 9.34. The van der Waals surface area contributed by atoms with Crippen LogP contribution in [0.5, 0.6) is 0 Å². The molecule has 0 unspecified atom stereocenters. The lowest BCUT2D eigenvalue weighted by Crippen LogP contribution is -2.13. The van der Waals surface area contributed by atoms with Crippen molar-refractivity contribution in [2.45, 2.75) is 0 Å². The largest absolute Gasteiger partial charge is 0.399 e. The topological polar surface area (TPSA) is 99.0 Å². The van der Waals surface area contributed by atoms with E-state index in [2.05, 4.69) is 10.4 Å². The third-order valence-electron chi connectivity index (χ3n) is 2.20. The van der Waals surface area contributed by atoms with Gasteiger partial charge in [-0.05, 0) is 18.2 Å². The number of carbonyl (C=O) groups excluding carboxylic acids is 1. The summed E-state index contributed by atoms with van der Waals surface area (Å²) in [7, 11) is 1.77. The third kappa shape index (κ3) is 2.54. The Hall–Kier alpha value is -2.50. The van der Waals surface area contributed by atoms with Crippen LogP contribution in [0, 0.1) is 0 Å². The summed E-state index contributed by atoms with van der Waals surface area (Å²) in [5.41, 5.74) is 12.5. The van der Waals surface area contributed by atoms with Crippen LogP contribution in [0.1, 0.15) is 10.4 Å². The molecule has 0 aliphatic rings. The molecule has 0 aliphatic heterocycles. The van der Waals surface area contributed by atoms with Crippen molar-refractivity contribution in [2.24, 2.45) is 7.05 Å². The van der Waals surface area contributed by atoms with Crippen molar-refractivity contribution in [2.75, 3.05) is 16.8 Å². The number of nitrogens with two attached hydrogens (primary N) is 2. The summed E-state index contributed by atoms with van der Waals surface area (Å²) in [6, 6.07) is 6.42. The smallest absolute Gasteiger partial charge is 0.257 e. The Bertz CT molecular complexity index is 540. The van der Waals surface area contributed by atoms with E-state index < -0.39 is 0 Å². The lowest BCUT2D eigenvalue weighted by Gasteiger charge is -2.04. The van der Waals surface area contributed by atoms with E-state index >= 15 is 0 Å². The Kier molecular flexibility index (Phi) is 2.70. The summed E-state index contributed by atoms with van der Waals surface area (Å²) in [6.07, 6.45) is 1.74. The van der Waals surface area contributed by atoms with Crippen LogP contribution in [0.4, 0.5) is 17.2 Å². The minimum absolute atomic E-state index is 0.289. The molecule has 1 aromatic heterocycles. The van der Waals surface area contributed by atoms with Gasteiger partial charge in [0.1, 0.15) is 0 Å². The molecule has 1 amide bonds. The minimum atomic E-state index is -0.289. The zero-order valence-corrected chi connectivity index (χ0v) is 9.34. The molecule has 0 saturated carbocycles. The molecule has 2 rings (SSSR count). The summed E-state index contributed by atoms with van der Waals surface area (Å²) in [5.74, 6) is 0.196. The number of hydrogen-bond acceptors (Lipinski definition) is 4. The number of benzene rings is 1. The number of aryl methyl sites for hydroxylation is 1. The highest BCUT2D eigenvalue weighted by atomic mass is 16.1. The summed E-state index contributed by atoms with van der Waals surface area (Å²) in [6.45, 7) is 0. The van der Waals surface area contributed by atoms with Crippen LogP contribution < -0.4 is 16.8 Å². The predicted octanol–water partition coefficient (Wildman–Crippen LogP) is 0.837. The molecule has 88 valence electrons. The van der Waals surface area contributed by atoms with E-state index in [1.54, 1.807) is 42.2 Å². The SMILES string of the molecule is Cn1ccc(NC(=O)c2cc(N)cc(N)c2)n1.